The third kappa shape index (κ3) is 4.06. The first-order valence-electron chi connectivity index (χ1n) is 6.97. The van der Waals surface area contributed by atoms with E-state index in [0.29, 0.717) is 18.1 Å². The van der Waals surface area contributed by atoms with Crippen LogP contribution in [0.4, 0.5) is 0 Å². The topological polar surface area (TPSA) is 21.3 Å². The van der Waals surface area contributed by atoms with Crippen molar-refractivity contribution in [2.75, 3.05) is 13.7 Å². The fraction of sp³-hybridized carbons (Fsp3) is 1.00. The molecular weight excluding hydrogens is 198 g/mol. The lowest BCUT2D eigenvalue weighted by molar-refractivity contribution is -0.0202. The molecule has 96 valence electrons. The fourth-order valence-electron chi connectivity index (χ4n) is 2.57. The minimum atomic E-state index is 0.508. The van der Waals surface area contributed by atoms with Gasteiger partial charge >= 0.3 is 0 Å². The molecule has 0 aromatic carbocycles. The van der Waals surface area contributed by atoms with Gasteiger partial charge in [-0.3, -0.25) is 0 Å². The van der Waals surface area contributed by atoms with E-state index in [0.717, 1.165) is 12.5 Å². The van der Waals surface area contributed by atoms with Crippen molar-refractivity contribution < 1.29 is 4.74 Å². The molecule has 1 fully saturated rings. The Kier molecular flexibility index (Phi) is 6.37. The summed E-state index contributed by atoms with van der Waals surface area (Å²) in [6.45, 7) is 7.76. The summed E-state index contributed by atoms with van der Waals surface area (Å²) < 4.78 is 6.11. The van der Waals surface area contributed by atoms with E-state index < -0.39 is 0 Å². The second-order valence-corrected chi connectivity index (χ2v) is 5.41. The molecule has 0 spiro atoms. The van der Waals surface area contributed by atoms with Crippen LogP contribution >= 0.6 is 0 Å². The highest BCUT2D eigenvalue weighted by Crippen LogP contribution is 2.26. The van der Waals surface area contributed by atoms with Gasteiger partial charge in [-0.05, 0) is 31.7 Å². The molecule has 0 aromatic heterocycles. The molecule has 1 rings (SSSR count). The maximum atomic E-state index is 6.11. The lowest BCUT2D eigenvalue weighted by atomic mass is 9.88. The Labute approximate surface area is 101 Å². The van der Waals surface area contributed by atoms with Crippen LogP contribution in [0.5, 0.6) is 0 Å². The van der Waals surface area contributed by atoms with E-state index in [1.807, 2.05) is 7.05 Å². The van der Waals surface area contributed by atoms with Gasteiger partial charge in [0.2, 0.25) is 0 Å². The van der Waals surface area contributed by atoms with Crippen LogP contribution in [0.25, 0.3) is 0 Å². The monoisotopic (exact) mass is 227 g/mol. The van der Waals surface area contributed by atoms with Crippen molar-refractivity contribution in [3.8, 4) is 0 Å². The summed E-state index contributed by atoms with van der Waals surface area (Å²) in [7, 11) is 2.05. The summed E-state index contributed by atoms with van der Waals surface area (Å²) in [5.74, 6) is 1.45. The standard InChI is InChI=1S/C14H29NO/c1-5-11(2)13(15-4)10-16-14-9-7-6-8-12(14)3/h11-15H,5-10H2,1-4H3. The van der Waals surface area contributed by atoms with Gasteiger partial charge in [0, 0.05) is 6.04 Å². The van der Waals surface area contributed by atoms with Crippen molar-refractivity contribution in [3.05, 3.63) is 0 Å². The molecule has 1 N–H and O–H groups in total. The van der Waals surface area contributed by atoms with E-state index in [1.165, 1.54) is 32.1 Å². The van der Waals surface area contributed by atoms with Gasteiger partial charge in [0.15, 0.2) is 0 Å². The molecule has 16 heavy (non-hydrogen) atoms. The zero-order valence-corrected chi connectivity index (χ0v) is 11.5. The average Bonchev–Trinajstić information content (AvgIpc) is 2.31. The van der Waals surface area contributed by atoms with E-state index in [4.69, 9.17) is 4.74 Å². The van der Waals surface area contributed by atoms with Gasteiger partial charge in [0.05, 0.1) is 12.7 Å². The van der Waals surface area contributed by atoms with Gasteiger partial charge in [-0.1, -0.05) is 40.0 Å². The van der Waals surface area contributed by atoms with Crippen LogP contribution in [0.15, 0.2) is 0 Å². The number of likely N-dealkylation sites (N-methyl/N-ethyl adjacent to an activating group) is 1. The number of nitrogens with one attached hydrogen (secondary N) is 1. The Morgan fingerprint density at radius 3 is 2.56 bits per heavy atom. The summed E-state index contributed by atoms with van der Waals surface area (Å²) in [4.78, 5) is 0. The molecule has 1 saturated carbocycles. The zero-order valence-electron chi connectivity index (χ0n) is 11.5. The summed E-state index contributed by atoms with van der Waals surface area (Å²) in [5.41, 5.74) is 0. The molecule has 0 radical (unpaired) electrons. The first-order chi connectivity index (χ1) is 7.69. The van der Waals surface area contributed by atoms with Gasteiger partial charge in [0.1, 0.15) is 0 Å². The van der Waals surface area contributed by atoms with E-state index in [-0.39, 0.29) is 0 Å². The predicted molar refractivity (Wildman–Crippen MR) is 69.7 cm³/mol. The zero-order chi connectivity index (χ0) is 12.0. The second-order valence-electron chi connectivity index (χ2n) is 5.41. The molecule has 1 aliphatic carbocycles. The third-order valence-corrected chi connectivity index (χ3v) is 4.22. The van der Waals surface area contributed by atoms with Crippen molar-refractivity contribution in [1.82, 2.24) is 5.32 Å². The van der Waals surface area contributed by atoms with Gasteiger partial charge in [-0.15, -0.1) is 0 Å². The van der Waals surface area contributed by atoms with E-state index in [1.54, 1.807) is 0 Å². The lowest BCUT2D eigenvalue weighted by Crippen LogP contribution is -2.39. The fourth-order valence-corrected chi connectivity index (χ4v) is 2.57. The van der Waals surface area contributed by atoms with Crippen LogP contribution < -0.4 is 5.32 Å². The van der Waals surface area contributed by atoms with Crippen LogP contribution in [0.1, 0.15) is 52.9 Å². The normalized spacial score (nSPS) is 30.0. The molecular formula is C14H29NO. The van der Waals surface area contributed by atoms with Gasteiger partial charge in [0.25, 0.3) is 0 Å². The number of ether oxygens (including phenoxy) is 1. The molecule has 0 aliphatic heterocycles. The number of rotatable bonds is 6. The van der Waals surface area contributed by atoms with Crippen LogP contribution in [-0.4, -0.2) is 25.8 Å². The maximum Gasteiger partial charge on any atom is 0.0626 e. The average molecular weight is 227 g/mol. The Hall–Kier alpha value is -0.0800. The first kappa shape index (κ1) is 14.0. The predicted octanol–water partition coefficient (Wildman–Crippen LogP) is 3.22. The minimum absolute atomic E-state index is 0.508. The molecule has 1 aliphatic rings. The van der Waals surface area contributed by atoms with Crippen LogP contribution in [0, 0.1) is 11.8 Å². The number of hydrogen-bond donors (Lipinski definition) is 1. The number of hydrogen-bond acceptors (Lipinski definition) is 2. The molecule has 2 nitrogen and oxygen atoms in total. The maximum absolute atomic E-state index is 6.11. The van der Waals surface area contributed by atoms with Crippen molar-refractivity contribution in [3.63, 3.8) is 0 Å². The molecule has 2 heteroatoms. The Morgan fingerprint density at radius 1 is 1.31 bits per heavy atom. The van der Waals surface area contributed by atoms with Gasteiger partial charge in [-0.2, -0.15) is 0 Å². The second kappa shape index (κ2) is 7.29. The Bertz CT molecular complexity index is 178. The molecule has 0 bridgehead atoms. The molecule has 4 atom stereocenters. The van der Waals surface area contributed by atoms with Gasteiger partial charge < -0.3 is 10.1 Å². The summed E-state index contributed by atoms with van der Waals surface area (Å²) >= 11 is 0. The highest BCUT2D eigenvalue weighted by atomic mass is 16.5. The summed E-state index contributed by atoms with van der Waals surface area (Å²) in [6, 6.07) is 0.513. The molecule has 0 saturated heterocycles. The molecule has 0 aromatic rings. The quantitative estimate of drug-likeness (QED) is 0.752. The largest absolute Gasteiger partial charge is 0.376 e. The Morgan fingerprint density at radius 2 is 2.00 bits per heavy atom. The smallest absolute Gasteiger partial charge is 0.0626 e. The van der Waals surface area contributed by atoms with Crippen molar-refractivity contribution in [1.29, 1.82) is 0 Å². The van der Waals surface area contributed by atoms with Gasteiger partial charge in [-0.25, -0.2) is 0 Å². The van der Waals surface area contributed by atoms with Crippen LogP contribution in [-0.2, 0) is 4.74 Å². The lowest BCUT2D eigenvalue weighted by Gasteiger charge is -2.31. The highest BCUT2D eigenvalue weighted by Gasteiger charge is 2.23. The van der Waals surface area contributed by atoms with Crippen LogP contribution in [0.3, 0.4) is 0 Å². The Balaban J connectivity index is 2.30. The summed E-state index contributed by atoms with van der Waals surface area (Å²) in [6.07, 6.45) is 7.07. The molecule has 0 amide bonds. The third-order valence-electron chi connectivity index (χ3n) is 4.22. The van der Waals surface area contributed by atoms with Crippen molar-refractivity contribution >= 4 is 0 Å². The SMILES string of the molecule is CCC(C)C(COC1CCCCC1C)NC. The molecule has 0 heterocycles. The summed E-state index contributed by atoms with van der Waals surface area (Å²) in [5, 5.41) is 3.38. The van der Waals surface area contributed by atoms with Crippen molar-refractivity contribution in [2.45, 2.75) is 65.0 Å². The minimum Gasteiger partial charge on any atom is -0.376 e. The van der Waals surface area contributed by atoms with Crippen molar-refractivity contribution in [2.24, 2.45) is 11.8 Å². The van der Waals surface area contributed by atoms with E-state index in [2.05, 4.69) is 26.1 Å². The van der Waals surface area contributed by atoms with Crippen LogP contribution in [0.2, 0.25) is 0 Å². The first-order valence-corrected chi connectivity index (χ1v) is 6.97. The van der Waals surface area contributed by atoms with E-state index in [9.17, 15) is 0 Å². The van der Waals surface area contributed by atoms with E-state index >= 15 is 0 Å². The molecule has 4 unspecified atom stereocenters. The highest BCUT2D eigenvalue weighted by molar-refractivity contribution is 4.75.